The largest absolute Gasteiger partial charge is 1.00 e. The average Bonchev–Trinajstić information content (AvgIpc) is 2.21. The molecule has 0 fully saturated rings. The van der Waals surface area contributed by atoms with Gasteiger partial charge in [-0.05, 0) is 0 Å². The average molecular weight is 178 g/mol. The first-order valence-corrected chi connectivity index (χ1v) is 4.23. The molecule has 0 saturated carbocycles. The summed E-state index contributed by atoms with van der Waals surface area (Å²) in [5.41, 5.74) is 0.870. The Morgan fingerprint density at radius 3 is 2.57 bits per heavy atom. The summed E-state index contributed by atoms with van der Waals surface area (Å²) in [5.74, 6) is 0. The maximum Gasteiger partial charge on any atom is 1.00 e. The number of nitrogens with zero attached hydrogens (tertiary/aromatic N) is 2. The summed E-state index contributed by atoms with van der Waals surface area (Å²) in [7, 11) is 0. The Morgan fingerprint density at radius 2 is 2.07 bits per heavy atom. The summed E-state index contributed by atoms with van der Waals surface area (Å²) in [5, 5.41) is 8.81. The Morgan fingerprint density at radius 1 is 1.43 bits per heavy atom. The second-order valence-corrected chi connectivity index (χ2v) is 2.55. The summed E-state index contributed by atoms with van der Waals surface area (Å²) in [6.45, 7) is 1.99. The Hall–Kier alpha value is -1.15. The fourth-order valence-electron chi connectivity index (χ4n) is 0.947. The van der Waals surface area contributed by atoms with Gasteiger partial charge in [0, 0.05) is 0 Å². The maximum atomic E-state index is 8.81. The normalized spacial score (nSPS) is 9.14. The van der Waals surface area contributed by atoms with Gasteiger partial charge in [-0.3, -0.25) is 0 Å². The molecule has 1 aromatic rings. The molecule has 0 bridgehead atoms. The van der Waals surface area contributed by atoms with Gasteiger partial charge in [0.2, 0.25) is 0 Å². The van der Waals surface area contributed by atoms with E-state index in [2.05, 4.69) is 11.1 Å². The van der Waals surface area contributed by atoms with Crippen molar-refractivity contribution < 1.29 is 18.9 Å². The van der Waals surface area contributed by atoms with Crippen LogP contribution in [-0.2, 0) is 0 Å². The quantitative estimate of drug-likeness (QED) is 0.351. The van der Waals surface area contributed by atoms with Crippen LogP contribution in [0.1, 0.15) is 18.9 Å². The van der Waals surface area contributed by atoms with E-state index in [1.165, 1.54) is 0 Å². The Bertz CT molecular complexity index is 314. The SMILES string of the molecule is CCC=N[C-](C#N)c1ccccc1.[Li+]. The topological polar surface area (TPSA) is 36.1 Å². The van der Waals surface area contributed by atoms with E-state index in [1.807, 2.05) is 37.3 Å². The number of hydrogen-bond donors (Lipinski definition) is 0. The second kappa shape index (κ2) is 7.27. The van der Waals surface area contributed by atoms with Crippen LogP contribution in [-0.4, -0.2) is 6.21 Å². The van der Waals surface area contributed by atoms with Crippen LogP contribution < -0.4 is 18.9 Å². The molecular weight excluding hydrogens is 167 g/mol. The molecular formula is C11H11LiN2. The van der Waals surface area contributed by atoms with Crippen molar-refractivity contribution in [1.29, 1.82) is 5.26 Å². The first-order chi connectivity index (χ1) is 6.38. The molecule has 0 aliphatic heterocycles. The van der Waals surface area contributed by atoms with Gasteiger partial charge in [0.25, 0.3) is 0 Å². The molecule has 14 heavy (non-hydrogen) atoms. The zero-order valence-electron chi connectivity index (χ0n) is 8.57. The smallest absolute Gasteiger partial charge is 0.345 e. The van der Waals surface area contributed by atoms with Crippen molar-refractivity contribution in [3.63, 3.8) is 0 Å². The second-order valence-electron chi connectivity index (χ2n) is 2.55. The minimum atomic E-state index is 0. The van der Waals surface area contributed by atoms with Crippen LogP contribution in [0.15, 0.2) is 35.3 Å². The molecule has 0 amide bonds. The van der Waals surface area contributed by atoms with E-state index in [9.17, 15) is 0 Å². The van der Waals surface area contributed by atoms with Crippen LogP contribution in [0.5, 0.6) is 0 Å². The molecule has 0 radical (unpaired) electrons. The third-order valence-electron chi connectivity index (χ3n) is 1.56. The molecule has 0 atom stereocenters. The zero-order valence-corrected chi connectivity index (χ0v) is 8.57. The van der Waals surface area contributed by atoms with Gasteiger partial charge in [0.1, 0.15) is 0 Å². The summed E-state index contributed by atoms with van der Waals surface area (Å²) in [4.78, 5) is 4.06. The monoisotopic (exact) mass is 178 g/mol. The van der Waals surface area contributed by atoms with Gasteiger partial charge in [0.15, 0.2) is 0 Å². The van der Waals surface area contributed by atoms with E-state index in [4.69, 9.17) is 5.26 Å². The molecule has 3 heteroatoms. The van der Waals surface area contributed by atoms with Crippen LogP contribution in [0, 0.1) is 17.4 Å². The van der Waals surface area contributed by atoms with Gasteiger partial charge in [-0.25, -0.2) is 5.26 Å². The van der Waals surface area contributed by atoms with Crippen molar-refractivity contribution in [3.8, 4) is 6.07 Å². The Labute approximate surface area is 96.8 Å². The number of rotatable bonds is 3. The summed E-state index contributed by atoms with van der Waals surface area (Å²) in [6.07, 6.45) is 2.59. The first-order valence-electron chi connectivity index (χ1n) is 4.23. The van der Waals surface area contributed by atoms with Gasteiger partial charge >= 0.3 is 18.9 Å². The van der Waals surface area contributed by atoms with Crippen molar-refractivity contribution in [3.05, 3.63) is 41.9 Å². The molecule has 1 aromatic carbocycles. The molecule has 0 aliphatic carbocycles. The molecule has 2 nitrogen and oxygen atoms in total. The van der Waals surface area contributed by atoms with E-state index in [1.54, 1.807) is 6.21 Å². The summed E-state index contributed by atoms with van der Waals surface area (Å²) < 4.78 is 0. The maximum absolute atomic E-state index is 8.81. The third-order valence-corrected chi connectivity index (χ3v) is 1.56. The van der Waals surface area contributed by atoms with Crippen LogP contribution in [0.4, 0.5) is 0 Å². The minimum Gasteiger partial charge on any atom is -0.345 e. The molecule has 1 rings (SSSR count). The predicted octanol–water partition coefficient (Wildman–Crippen LogP) is -0.425. The fourth-order valence-corrected chi connectivity index (χ4v) is 0.947. The standard InChI is InChI=1S/C11H11N2.Li/c1-2-8-13-11(9-12)10-6-4-3-5-7-10;/h3-8H,2H2,1H3;/q-1;+1. The van der Waals surface area contributed by atoms with Gasteiger partial charge < -0.3 is 4.99 Å². The van der Waals surface area contributed by atoms with Gasteiger partial charge in [-0.15, -0.1) is 29.8 Å². The summed E-state index contributed by atoms with van der Waals surface area (Å²) >= 11 is 0. The van der Waals surface area contributed by atoms with Crippen molar-refractivity contribution in [1.82, 2.24) is 0 Å². The van der Waals surface area contributed by atoms with Crippen LogP contribution in [0.25, 0.3) is 0 Å². The van der Waals surface area contributed by atoms with E-state index in [0.717, 1.165) is 12.0 Å². The summed E-state index contributed by atoms with van der Waals surface area (Å²) in [6, 6.07) is 12.0. The van der Waals surface area contributed by atoms with Crippen molar-refractivity contribution in [2.75, 3.05) is 0 Å². The molecule has 0 spiro atoms. The van der Waals surface area contributed by atoms with Crippen LogP contribution in [0.3, 0.4) is 0 Å². The van der Waals surface area contributed by atoms with Crippen molar-refractivity contribution >= 4 is 6.21 Å². The van der Waals surface area contributed by atoms with Crippen molar-refractivity contribution in [2.24, 2.45) is 4.99 Å². The molecule has 0 aliphatic rings. The Kier molecular flexibility index (Phi) is 6.67. The molecule has 0 N–H and O–H groups in total. The third kappa shape index (κ3) is 3.71. The number of nitriles is 1. The van der Waals surface area contributed by atoms with Gasteiger partial charge in [-0.1, -0.05) is 25.6 Å². The first kappa shape index (κ1) is 12.8. The van der Waals surface area contributed by atoms with E-state index in [0.29, 0.717) is 6.04 Å². The Balaban J connectivity index is 0.00000169. The zero-order chi connectivity index (χ0) is 9.52. The number of aliphatic imine (C=N–C) groups is 1. The van der Waals surface area contributed by atoms with Gasteiger partial charge in [-0.2, -0.15) is 0 Å². The molecule has 0 heterocycles. The molecule has 0 unspecified atom stereocenters. The minimum absolute atomic E-state index is 0. The molecule has 0 aromatic heterocycles. The van der Waals surface area contributed by atoms with E-state index >= 15 is 0 Å². The predicted molar refractivity (Wildman–Crippen MR) is 53.2 cm³/mol. The van der Waals surface area contributed by atoms with Crippen LogP contribution in [0.2, 0.25) is 0 Å². The van der Waals surface area contributed by atoms with Crippen molar-refractivity contribution in [2.45, 2.75) is 13.3 Å². The van der Waals surface area contributed by atoms with Gasteiger partial charge in [0.05, 0.1) is 12.1 Å². The molecule has 66 valence electrons. The fraction of sp³-hybridized carbons (Fsp3) is 0.182. The number of benzene rings is 1. The van der Waals surface area contributed by atoms with E-state index in [-0.39, 0.29) is 18.9 Å². The molecule has 0 saturated heterocycles. The van der Waals surface area contributed by atoms with E-state index < -0.39 is 0 Å². The van der Waals surface area contributed by atoms with Crippen LogP contribution >= 0.6 is 0 Å². The number of hydrogen-bond acceptors (Lipinski definition) is 2.